The smallest absolute Gasteiger partial charge is 0.262 e. The standard InChI is InChI=1S/C20H22F3N3/c1-12(2)16-10-14(21)9-13(3)18(16)25-19-15-6-8-26(11-20(4,22)23)17(15)5-7-24-19/h5-10,12H,11H2,1-4H3,(H,24,25). The van der Waals surface area contributed by atoms with Crippen LogP contribution in [0.5, 0.6) is 0 Å². The summed E-state index contributed by atoms with van der Waals surface area (Å²) in [6.45, 7) is 6.32. The van der Waals surface area contributed by atoms with Gasteiger partial charge in [-0.1, -0.05) is 13.8 Å². The van der Waals surface area contributed by atoms with Gasteiger partial charge in [0.2, 0.25) is 0 Å². The first-order valence-corrected chi connectivity index (χ1v) is 8.54. The van der Waals surface area contributed by atoms with E-state index in [9.17, 15) is 13.2 Å². The average molecular weight is 361 g/mol. The summed E-state index contributed by atoms with van der Waals surface area (Å²) in [5.41, 5.74) is 3.10. The summed E-state index contributed by atoms with van der Waals surface area (Å²) in [6, 6.07) is 6.47. The molecular weight excluding hydrogens is 339 g/mol. The van der Waals surface area contributed by atoms with Crippen molar-refractivity contribution in [1.29, 1.82) is 0 Å². The second kappa shape index (κ2) is 6.67. The quantitative estimate of drug-likeness (QED) is 0.603. The van der Waals surface area contributed by atoms with Crippen LogP contribution in [0.3, 0.4) is 0 Å². The molecule has 0 amide bonds. The molecule has 3 rings (SSSR count). The first kappa shape index (κ1) is 18.3. The number of halogens is 3. The van der Waals surface area contributed by atoms with Crippen LogP contribution < -0.4 is 5.32 Å². The number of fused-ring (bicyclic) bond motifs is 1. The van der Waals surface area contributed by atoms with E-state index in [2.05, 4.69) is 10.3 Å². The number of aromatic nitrogens is 2. The van der Waals surface area contributed by atoms with Gasteiger partial charge in [-0.05, 0) is 48.2 Å². The summed E-state index contributed by atoms with van der Waals surface area (Å²) >= 11 is 0. The van der Waals surface area contributed by atoms with Gasteiger partial charge in [0.1, 0.15) is 11.6 Å². The summed E-state index contributed by atoms with van der Waals surface area (Å²) in [5.74, 6) is -2.40. The maximum absolute atomic E-state index is 13.8. The number of nitrogens with zero attached hydrogens (tertiary/aromatic N) is 2. The Morgan fingerprint density at radius 2 is 1.96 bits per heavy atom. The lowest BCUT2D eigenvalue weighted by Gasteiger charge is -2.18. The van der Waals surface area contributed by atoms with Crippen molar-refractivity contribution in [3.8, 4) is 0 Å². The molecule has 26 heavy (non-hydrogen) atoms. The van der Waals surface area contributed by atoms with Crippen molar-refractivity contribution in [2.75, 3.05) is 5.32 Å². The van der Waals surface area contributed by atoms with E-state index in [-0.39, 0.29) is 11.7 Å². The second-order valence-corrected chi connectivity index (χ2v) is 7.07. The van der Waals surface area contributed by atoms with Crippen LogP contribution in [0.25, 0.3) is 10.9 Å². The number of benzene rings is 1. The molecular formula is C20H22F3N3. The Morgan fingerprint density at radius 1 is 1.23 bits per heavy atom. The minimum absolute atomic E-state index is 0.120. The van der Waals surface area contributed by atoms with Crippen molar-refractivity contribution in [2.24, 2.45) is 0 Å². The van der Waals surface area contributed by atoms with Crippen LogP contribution >= 0.6 is 0 Å². The average Bonchev–Trinajstić information content (AvgIpc) is 2.91. The highest BCUT2D eigenvalue weighted by molar-refractivity contribution is 5.92. The summed E-state index contributed by atoms with van der Waals surface area (Å²) in [4.78, 5) is 4.37. The number of anilines is 2. The van der Waals surface area contributed by atoms with Gasteiger partial charge in [-0.3, -0.25) is 0 Å². The Hall–Kier alpha value is -2.50. The summed E-state index contributed by atoms with van der Waals surface area (Å²) < 4.78 is 42.1. The molecule has 0 fully saturated rings. The van der Waals surface area contributed by atoms with Gasteiger partial charge < -0.3 is 9.88 Å². The molecule has 2 heterocycles. The Bertz CT molecular complexity index is 939. The summed E-state index contributed by atoms with van der Waals surface area (Å²) in [6.07, 6.45) is 3.22. The van der Waals surface area contributed by atoms with E-state index in [0.717, 1.165) is 29.1 Å². The molecule has 0 bridgehead atoms. The highest BCUT2D eigenvalue weighted by Crippen LogP contribution is 2.33. The second-order valence-electron chi connectivity index (χ2n) is 7.07. The van der Waals surface area contributed by atoms with Crippen molar-refractivity contribution in [3.63, 3.8) is 0 Å². The molecule has 3 nitrogen and oxygen atoms in total. The summed E-state index contributed by atoms with van der Waals surface area (Å²) in [7, 11) is 0. The maximum atomic E-state index is 13.8. The maximum Gasteiger partial charge on any atom is 0.262 e. The molecule has 3 aromatic rings. The first-order chi connectivity index (χ1) is 12.2. The lowest BCUT2D eigenvalue weighted by Crippen LogP contribution is -2.18. The van der Waals surface area contributed by atoms with Crippen molar-refractivity contribution >= 4 is 22.4 Å². The van der Waals surface area contributed by atoms with Gasteiger partial charge >= 0.3 is 0 Å². The van der Waals surface area contributed by atoms with E-state index in [1.54, 1.807) is 24.5 Å². The number of aryl methyl sites for hydroxylation is 1. The molecule has 0 spiro atoms. The summed E-state index contributed by atoms with van der Waals surface area (Å²) in [5, 5.41) is 4.04. The minimum atomic E-state index is -2.80. The molecule has 0 aliphatic carbocycles. The Balaban J connectivity index is 2.06. The van der Waals surface area contributed by atoms with E-state index < -0.39 is 12.5 Å². The lowest BCUT2D eigenvalue weighted by molar-refractivity contribution is 0.00510. The van der Waals surface area contributed by atoms with Crippen LogP contribution in [0.1, 0.15) is 37.8 Å². The first-order valence-electron chi connectivity index (χ1n) is 8.54. The zero-order chi connectivity index (χ0) is 19.1. The molecule has 0 aliphatic rings. The van der Waals surface area contributed by atoms with Gasteiger partial charge in [0, 0.05) is 30.4 Å². The van der Waals surface area contributed by atoms with Gasteiger partial charge in [-0.15, -0.1) is 0 Å². The van der Waals surface area contributed by atoms with Crippen LogP contribution in [0, 0.1) is 12.7 Å². The molecule has 0 aliphatic heterocycles. The highest BCUT2D eigenvalue weighted by atomic mass is 19.3. The van der Waals surface area contributed by atoms with Crippen LogP contribution in [0.4, 0.5) is 24.7 Å². The molecule has 0 unspecified atom stereocenters. The van der Waals surface area contributed by atoms with Gasteiger partial charge in [0.25, 0.3) is 5.92 Å². The molecule has 0 saturated carbocycles. The van der Waals surface area contributed by atoms with Crippen molar-refractivity contribution in [1.82, 2.24) is 9.55 Å². The number of hydrogen-bond acceptors (Lipinski definition) is 2. The molecule has 0 saturated heterocycles. The number of alkyl halides is 2. The molecule has 0 radical (unpaired) electrons. The molecule has 0 atom stereocenters. The number of pyridine rings is 1. The minimum Gasteiger partial charge on any atom is -0.341 e. The molecule has 1 N–H and O–H groups in total. The van der Waals surface area contributed by atoms with Crippen molar-refractivity contribution in [2.45, 2.75) is 46.1 Å². The highest BCUT2D eigenvalue weighted by Gasteiger charge is 2.23. The van der Waals surface area contributed by atoms with E-state index >= 15 is 0 Å². The monoisotopic (exact) mass is 361 g/mol. The van der Waals surface area contributed by atoms with Crippen molar-refractivity contribution in [3.05, 3.63) is 53.6 Å². The largest absolute Gasteiger partial charge is 0.341 e. The van der Waals surface area contributed by atoms with Gasteiger partial charge in [0.15, 0.2) is 0 Å². The molecule has 138 valence electrons. The van der Waals surface area contributed by atoms with E-state index in [0.29, 0.717) is 11.3 Å². The van der Waals surface area contributed by atoms with Crippen LogP contribution in [0.2, 0.25) is 0 Å². The Morgan fingerprint density at radius 3 is 2.62 bits per heavy atom. The van der Waals surface area contributed by atoms with E-state index in [1.165, 1.54) is 16.7 Å². The van der Waals surface area contributed by atoms with Crippen LogP contribution in [-0.2, 0) is 6.54 Å². The van der Waals surface area contributed by atoms with Crippen LogP contribution in [0.15, 0.2) is 36.7 Å². The van der Waals surface area contributed by atoms with E-state index in [4.69, 9.17) is 0 Å². The van der Waals surface area contributed by atoms with Gasteiger partial charge in [-0.25, -0.2) is 18.2 Å². The third-order valence-electron chi connectivity index (χ3n) is 4.34. The topological polar surface area (TPSA) is 29.9 Å². The number of rotatable bonds is 5. The predicted octanol–water partition coefficient (Wildman–Crippen LogP) is 6.01. The number of nitrogens with one attached hydrogen (secondary N) is 1. The Labute approximate surface area is 150 Å². The zero-order valence-corrected chi connectivity index (χ0v) is 15.3. The predicted molar refractivity (Wildman–Crippen MR) is 98.9 cm³/mol. The molecule has 1 aromatic carbocycles. The SMILES string of the molecule is Cc1cc(F)cc(C(C)C)c1Nc1nccc2c1ccn2CC(C)(F)F. The number of hydrogen-bond donors (Lipinski definition) is 1. The normalized spacial score (nSPS) is 12.2. The lowest BCUT2D eigenvalue weighted by atomic mass is 9.97. The third kappa shape index (κ3) is 3.69. The Kier molecular flexibility index (Phi) is 4.69. The fourth-order valence-corrected chi connectivity index (χ4v) is 3.17. The van der Waals surface area contributed by atoms with Gasteiger partial charge in [-0.2, -0.15) is 0 Å². The zero-order valence-electron chi connectivity index (χ0n) is 15.3. The van der Waals surface area contributed by atoms with Crippen LogP contribution in [-0.4, -0.2) is 15.5 Å². The fraction of sp³-hybridized carbons (Fsp3) is 0.350. The van der Waals surface area contributed by atoms with Gasteiger partial charge in [0.05, 0.1) is 12.1 Å². The fourth-order valence-electron chi connectivity index (χ4n) is 3.17. The third-order valence-corrected chi connectivity index (χ3v) is 4.34. The molecule has 6 heteroatoms. The van der Waals surface area contributed by atoms with E-state index in [1.807, 2.05) is 20.8 Å². The molecule has 2 aromatic heterocycles. The van der Waals surface area contributed by atoms with Crippen molar-refractivity contribution < 1.29 is 13.2 Å².